The first-order valence-corrected chi connectivity index (χ1v) is 7.98. The number of hydrogen-bond donors (Lipinski definition) is 1. The van der Waals surface area contributed by atoms with Gasteiger partial charge in [-0.2, -0.15) is 0 Å². The third-order valence-electron chi connectivity index (χ3n) is 3.31. The molecule has 0 aliphatic heterocycles. The summed E-state index contributed by atoms with van der Waals surface area (Å²) in [5, 5.41) is 14.7. The maximum absolute atomic E-state index is 12.2. The van der Waals surface area contributed by atoms with Crippen LogP contribution in [0.3, 0.4) is 0 Å². The molecule has 0 aliphatic rings. The molecule has 0 radical (unpaired) electrons. The van der Waals surface area contributed by atoms with Crippen molar-refractivity contribution in [3.63, 3.8) is 0 Å². The van der Waals surface area contributed by atoms with E-state index in [-0.39, 0.29) is 16.7 Å². The maximum Gasteiger partial charge on any atom is 0.282 e. The van der Waals surface area contributed by atoms with Crippen LogP contribution < -0.4 is 5.32 Å². The Bertz CT molecular complexity index is 530. The first kappa shape index (κ1) is 17.6. The van der Waals surface area contributed by atoms with E-state index >= 15 is 0 Å². The number of nitrogens with one attached hydrogen (secondary N) is 1. The lowest BCUT2D eigenvalue weighted by atomic mass is 9.88. The molecular formula is C15H21BrN2O3. The zero-order chi connectivity index (χ0) is 16.0. The van der Waals surface area contributed by atoms with Crippen molar-refractivity contribution in [3.8, 4) is 0 Å². The van der Waals surface area contributed by atoms with E-state index in [2.05, 4.69) is 35.1 Å². The van der Waals surface area contributed by atoms with E-state index in [1.165, 1.54) is 6.07 Å². The summed E-state index contributed by atoms with van der Waals surface area (Å²) in [7, 11) is 0. The van der Waals surface area contributed by atoms with Gasteiger partial charge in [0.15, 0.2) is 0 Å². The Morgan fingerprint density at radius 1 is 1.43 bits per heavy atom. The zero-order valence-corrected chi connectivity index (χ0v) is 14.2. The molecule has 1 aromatic rings. The lowest BCUT2D eigenvalue weighted by Crippen LogP contribution is -2.34. The Kier molecular flexibility index (Phi) is 6.33. The molecule has 0 aromatic heterocycles. The van der Waals surface area contributed by atoms with E-state index in [0.29, 0.717) is 6.54 Å². The van der Waals surface area contributed by atoms with Crippen molar-refractivity contribution in [2.24, 2.45) is 5.41 Å². The first-order valence-electron chi connectivity index (χ1n) is 6.86. The normalized spacial score (nSPS) is 11.2. The van der Waals surface area contributed by atoms with E-state index in [1.54, 1.807) is 19.1 Å². The van der Waals surface area contributed by atoms with Crippen molar-refractivity contribution in [2.75, 3.05) is 11.9 Å². The van der Waals surface area contributed by atoms with Crippen LogP contribution in [0.4, 0.5) is 5.69 Å². The molecule has 1 N–H and O–H groups in total. The Morgan fingerprint density at radius 3 is 2.67 bits per heavy atom. The molecule has 0 saturated heterocycles. The molecule has 0 fully saturated rings. The van der Waals surface area contributed by atoms with Crippen molar-refractivity contribution in [2.45, 2.75) is 33.6 Å². The van der Waals surface area contributed by atoms with E-state index in [1.807, 2.05) is 0 Å². The molecule has 0 spiro atoms. The average molecular weight is 357 g/mol. The molecule has 0 heterocycles. The van der Waals surface area contributed by atoms with Crippen molar-refractivity contribution in [1.82, 2.24) is 5.32 Å². The number of hydrogen-bond acceptors (Lipinski definition) is 3. The Balaban J connectivity index is 2.80. The number of nitro benzene ring substituents is 1. The van der Waals surface area contributed by atoms with Crippen LogP contribution in [0.15, 0.2) is 18.2 Å². The van der Waals surface area contributed by atoms with Gasteiger partial charge in [-0.3, -0.25) is 14.9 Å². The number of rotatable bonds is 7. The summed E-state index contributed by atoms with van der Waals surface area (Å²) >= 11 is 3.39. The number of benzene rings is 1. The van der Waals surface area contributed by atoms with Gasteiger partial charge in [-0.15, -0.1) is 0 Å². The Labute approximate surface area is 133 Å². The van der Waals surface area contributed by atoms with Crippen LogP contribution >= 0.6 is 15.9 Å². The fraction of sp³-hybridized carbons (Fsp3) is 0.533. The maximum atomic E-state index is 12.2. The SMILES string of the molecule is Cc1ccc([N+](=O)[O-])c(C(=O)NCC(C)(C)CCCBr)c1. The minimum absolute atomic E-state index is 0.0396. The Hall–Kier alpha value is -1.43. The highest BCUT2D eigenvalue weighted by Crippen LogP contribution is 2.23. The summed E-state index contributed by atoms with van der Waals surface area (Å²) in [5.41, 5.74) is 0.749. The minimum Gasteiger partial charge on any atom is -0.351 e. The third kappa shape index (κ3) is 5.46. The second kappa shape index (κ2) is 7.54. The molecule has 0 saturated carbocycles. The van der Waals surface area contributed by atoms with Gasteiger partial charge in [-0.1, -0.05) is 35.8 Å². The van der Waals surface area contributed by atoms with Gasteiger partial charge < -0.3 is 5.32 Å². The van der Waals surface area contributed by atoms with E-state index in [0.717, 1.165) is 23.7 Å². The van der Waals surface area contributed by atoms with E-state index in [9.17, 15) is 14.9 Å². The molecule has 5 nitrogen and oxygen atoms in total. The van der Waals surface area contributed by atoms with Crippen LogP contribution in [0.1, 0.15) is 42.6 Å². The summed E-state index contributed by atoms with van der Waals surface area (Å²) < 4.78 is 0. The lowest BCUT2D eigenvalue weighted by molar-refractivity contribution is -0.385. The highest BCUT2D eigenvalue weighted by Gasteiger charge is 2.23. The number of halogens is 1. The van der Waals surface area contributed by atoms with Crippen LogP contribution in [0.2, 0.25) is 0 Å². The van der Waals surface area contributed by atoms with Gasteiger partial charge in [0.05, 0.1) is 4.92 Å². The van der Waals surface area contributed by atoms with Crippen molar-refractivity contribution in [3.05, 3.63) is 39.4 Å². The molecule has 1 aromatic carbocycles. The lowest BCUT2D eigenvalue weighted by Gasteiger charge is -2.24. The highest BCUT2D eigenvalue weighted by atomic mass is 79.9. The fourth-order valence-electron chi connectivity index (χ4n) is 2.04. The van der Waals surface area contributed by atoms with Gasteiger partial charge in [-0.05, 0) is 36.8 Å². The van der Waals surface area contributed by atoms with Gasteiger partial charge in [0.1, 0.15) is 5.56 Å². The number of carbonyl (C=O) groups is 1. The number of carbonyl (C=O) groups excluding carboxylic acids is 1. The van der Waals surface area contributed by atoms with Gasteiger partial charge in [0.2, 0.25) is 0 Å². The van der Waals surface area contributed by atoms with E-state index < -0.39 is 10.8 Å². The van der Waals surface area contributed by atoms with Crippen LogP contribution in [0, 0.1) is 22.5 Å². The molecule has 1 amide bonds. The molecule has 1 rings (SSSR count). The van der Waals surface area contributed by atoms with Crippen LogP contribution in [0.25, 0.3) is 0 Å². The van der Waals surface area contributed by atoms with Crippen molar-refractivity contribution >= 4 is 27.5 Å². The molecule has 0 unspecified atom stereocenters. The number of amides is 1. The largest absolute Gasteiger partial charge is 0.351 e. The topological polar surface area (TPSA) is 72.2 Å². The average Bonchev–Trinajstić information content (AvgIpc) is 2.42. The van der Waals surface area contributed by atoms with Gasteiger partial charge in [0.25, 0.3) is 11.6 Å². The number of nitro groups is 1. The number of aryl methyl sites for hydroxylation is 1. The second-order valence-electron chi connectivity index (χ2n) is 5.92. The molecule has 6 heteroatoms. The monoisotopic (exact) mass is 356 g/mol. The summed E-state index contributed by atoms with van der Waals surface area (Å²) in [5.74, 6) is -0.391. The van der Waals surface area contributed by atoms with Crippen LogP contribution in [-0.2, 0) is 0 Å². The first-order chi connectivity index (χ1) is 9.76. The van der Waals surface area contributed by atoms with Crippen molar-refractivity contribution < 1.29 is 9.72 Å². The molecular weight excluding hydrogens is 336 g/mol. The minimum atomic E-state index is -0.523. The van der Waals surface area contributed by atoms with Crippen molar-refractivity contribution in [1.29, 1.82) is 0 Å². The number of nitrogens with zero attached hydrogens (tertiary/aromatic N) is 1. The standard InChI is InChI=1S/C15H21BrN2O3/c1-11-5-6-13(18(20)21)12(9-11)14(19)17-10-15(2,3)7-4-8-16/h5-6,9H,4,7-8,10H2,1-3H3,(H,17,19). The molecule has 21 heavy (non-hydrogen) atoms. The predicted octanol–water partition coefficient (Wildman–Crippen LogP) is 3.83. The highest BCUT2D eigenvalue weighted by molar-refractivity contribution is 9.09. The smallest absolute Gasteiger partial charge is 0.282 e. The van der Waals surface area contributed by atoms with Gasteiger partial charge >= 0.3 is 0 Å². The third-order valence-corrected chi connectivity index (χ3v) is 3.87. The predicted molar refractivity (Wildman–Crippen MR) is 87.0 cm³/mol. The number of alkyl halides is 1. The molecule has 0 aliphatic carbocycles. The second-order valence-corrected chi connectivity index (χ2v) is 6.71. The summed E-state index contributed by atoms with van der Waals surface area (Å²) in [6.07, 6.45) is 1.99. The molecule has 116 valence electrons. The summed E-state index contributed by atoms with van der Waals surface area (Å²) in [4.78, 5) is 22.7. The summed E-state index contributed by atoms with van der Waals surface area (Å²) in [6, 6.07) is 4.56. The Morgan fingerprint density at radius 2 is 2.10 bits per heavy atom. The van der Waals surface area contributed by atoms with Crippen LogP contribution in [-0.4, -0.2) is 22.7 Å². The summed E-state index contributed by atoms with van der Waals surface area (Å²) in [6.45, 7) is 6.44. The van der Waals surface area contributed by atoms with Gasteiger partial charge in [-0.25, -0.2) is 0 Å². The zero-order valence-electron chi connectivity index (χ0n) is 12.6. The molecule has 0 bridgehead atoms. The quantitative estimate of drug-likeness (QED) is 0.458. The molecule has 0 atom stereocenters. The van der Waals surface area contributed by atoms with Gasteiger partial charge in [0, 0.05) is 17.9 Å². The fourth-order valence-corrected chi connectivity index (χ4v) is 2.32. The van der Waals surface area contributed by atoms with Crippen LogP contribution in [0.5, 0.6) is 0 Å². The van der Waals surface area contributed by atoms with E-state index in [4.69, 9.17) is 0 Å².